The van der Waals surface area contributed by atoms with Crippen molar-refractivity contribution in [1.82, 2.24) is 0 Å². The van der Waals surface area contributed by atoms with Gasteiger partial charge in [0.25, 0.3) is 0 Å². The minimum atomic E-state index is 0.0421. The van der Waals surface area contributed by atoms with Crippen molar-refractivity contribution in [3.63, 3.8) is 0 Å². The van der Waals surface area contributed by atoms with Crippen LogP contribution in [-0.4, -0.2) is 5.91 Å². The van der Waals surface area contributed by atoms with Gasteiger partial charge in [0.05, 0.1) is 12.2 Å². The Kier molecular flexibility index (Phi) is 4.76. The molecular weight excluding hydrogens is 294 g/mol. The van der Waals surface area contributed by atoms with Crippen LogP contribution in [0.15, 0.2) is 79.4 Å². The molecule has 0 aliphatic rings. The van der Waals surface area contributed by atoms with Gasteiger partial charge in [0, 0.05) is 12.3 Å². The van der Waals surface area contributed by atoms with Gasteiger partial charge in [-0.25, -0.2) is 0 Å². The summed E-state index contributed by atoms with van der Waals surface area (Å²) in [6, 6.07) is 22.5. The average Bonchev–Trinajstić information content (AvgIpc) is 2.61. The first-order valence-corrected chi connectivity index (χ1v) is 8.14. The van der Waals surface area contributed by atoms with Gasteiger partial charge in [-0.1, -0.05) is 72.8 Å². The number of amides is 1. The molecule has 24 heavy (non-hydrogen) atoms. The molecule has 2 heteroatoms. The number of carbonyl (C=O) groups is 1. The Bertz CT molecular complexity index is 868. The summed E-state index contributed by atoms with van der Waals surface area (Å²) in [4.78, 5) is 14.3. The van der Waals surface area contributed by atoms with E-state index < -0.39 is 0 Å². The van der Waals surface area contributed by atoms with Crippen LogP contribution in [0, 0.1) is 0 Å². The number of hydrogen-bond acceptors (Lipinski definition) is 1. The second-order valence-electron chi connectivity index (χ2n) is 5.88. The number of hydrogen-bond donors (Lipinski definition) is 0. The van der Waals surface area contributed by atoms with Crippen LogP contribution in [0.2, 0.25) is 0 Å². The molecule has 0 aromatic heterocycles. The highest BCUT2D eigenvalue weighted by Gasteiger charge is 2.18. The molecular formula is C22H21NO. The van der Waals surface area contributed by atoms with Crippen LogP contribution >= 0.6 is 0 Å². The van der Waals surface area contributed by atoms with Gasteiger partial charge in [0.1, 0.15) is 0 Å². The molecule has 3 aromatic rings. The van der Waals surface area contributed by atoms with Crippen molar-refractivity contribution < 1.29 is 4.79 Å². The smallest absolute Gasteiger partial charge is 0.224 e. The molecule has 0 saturated heterocycles. The van der Waals surface area contributed by atoms with E-state index in [-0.39, 0.29) is 5.91 Å². The van der Waals surface area contributed by atoms with E-state index >= 15 is 0 Å². The zero-order valence-electron chi connectivity index (χ0n) is 13.9. The van der Waals surface area contributed by atoms with Gasteiger partial charge in [0.2, 0.25) is 5.91 Å². The molecule has 0 saturated carbocycles. The summed E-state index contributed by atoms with van der Waals surface area (Å²) in [6.07, 6.45) is 2.62. The van der Waals surface area contributed by atoms with E-state index in [0.29, 0.717) is 6.54 Å². The number of nitrogens with zero attached hydrogens (tertiary/aromatic N) is 1. The molecule has 0 fully saturated rings. The molecule has 0 atom stereocenters. The largest absolute Gasteiger partial charge is 0.307 e. The fourth-order valence-corrected chi connectivity index (χ4v) is 3.05. The lowest BCUT2D eigenvalue weighted by molar-refractivity contribution is -0.116. The summed E-state index contributed by atoms with van der Waals surface area (Å²) in [5, 5.41) is 2.24. The molecule has 0 unspecified atom stereocenters. The molecule has 0 aliphatic heterocycles. The third kappa shape index (κ3) is 3.23. The monoisotopic (exact) mass is 315 g/mol. The Morgan fingerprint density at radius 3 is 2.42 bits per heavy atom. The van der Waals surface area contributed by atoms with Gasteiger partial charge in [-0.3, -0.25) is 4.79 Å². The van der Waals surface area contributed by atoms with Crippen molar-refractivity contribution in [3.8, 4) is 0 Å². The van der Waals surface area contributed by atoms with Crippen LogP contribution in [0.25, 0.3) is 10.8 Å². The third-order valence-electron chi connectivity index (χ3n) is 4.18. The molecule has 0 heterocycles. The number of allylic oxidation sites excluding steroid dienone is 1. The molecule has 1 amide bonds. The van der Waals surface area contributed by atoms with Crippen LogP contribution in [0.4, 0.5) is 5.69 Å². The SMILES string of the molecule is C=CCc1ccc2ccccc2c1N(Cc1ccccc1)C(C)=O. The van der Waals surface area contributed by atoms with Crippen LogP contribution in [0.1, 0.15) is 18.1 Å². The summed E-state index contributed by atoms with van der Waals surface area (Å²) in [5.74, 6) is 0.0421. The zero-order valence-corrected chi connectivity index (χ0v) is 13.9. The Labute approximate surface area is 143 Å². The zero-order chi connectivity index (χ0) is 16.9. The van der Waals surface area contributed by atoms with Gasteiger partial charge in [0.15, 0.2) is 0 Å². The third-order valence-corrected chi connectivity index (χ3v) is 4.18. The van der Waals surface area contributed by atoms with Gasteiger partial charge in [-0.15, -0.1) is 6.58 Å². The minimum absolute atomic E-state index is 0.0421. The Morgan fingerprint density at radius 1 is 1.00 bits per heavy atom. The predicted molar refractivity (Wildman–Crippen MR) is 101 cm³/mol. The molecule has 2 nitrogen and oxygen atoms in total. The fourth-order valence-electron chi connectivity index (χ4n) is 3.05. The summed E-state index contributed by atoms with van der Waals surface area (Å²) in [7, 11) is 0. The van der Waals surface area contributed by atoms with Gasteiger partial charge < -0.3 is 4.90 Å². The van der Waals surface area contributed by atoms with Crippen LogP contribution in [0.5, 0.6) is 0 Å². The standard InChI is InChI=1S/C22H21NO/c1-3-9-20-15-14-19-12-7-8-13-21(19)22(20)23(17(2)24)16-18-10-5-4-6-11-18/h3-8,10-15H,1,9,16H2,2H3. The summed E-state index contributed by atoms with van der Waals surface area (Å²) in [5.41, 5.74) is 3.23. The lowest BCUT2D eigenvalue weighted by Gasteiger charge is -2.26. The quantitative estimate of drug-likeness (QED) is 0.598. The lowest BCUT2D eigenvalue weighted by Crippen LogP contribution is -2.29. The normalized spacial score (nSPS) is 10.5. The van der Waals surface area contributed by atoms with E-state index in [2.05, 4.69) is 30.8 Å². The maximum absolute atomic E-state index is 12.4. The van der Waals surface area contributed by atoms with Crippen molar-refractivity contribution in [2.75, 3.05) is 4.90 Å². The van der Waals surface area contributed by atoms with Crippen molar-refractivity contribution in [1.29, 1.82) is 0 Å². The van der Waals surface area contributed by atoms with Crippen molar-refractivity contribution >= 4 is 22.4 Å². The van der Waals surface area contributed by atoms with E-state index in [9.17, 15) is 4.79 Å². The molecule has 120 valence electrons. The maximum atomic E-state index is 12.4. The molecule has 3 rings (SSSR count). The molecule has 0 spiro atoms. The van der Waals surface area contributed by atoms with Gasteiger partial charge in [-0.05, 0) is 22.9 Å². The highest BCUT2D eigenvalue weighted by molar-refractivity contribution is 6.04. The van der Waals surface area contributed by atoms with E-state index in [4.69, 9.17) is 0 Å². The first-order valence-electron chi connectivity index (χ1n) is 8.14. The number of anilines is 1. The number of rotatable bonds is 5. The van der Waals surface area contributed by atoms with Crippen LogP contribution < -0.4 is 4.90 Å². The van der Waals surface area contributed by atoms with Gasteiger partial charge in [-0.2, -0.15) is 0 Å². The Balaban J connectivity index is 2.17. The van der Waals surface area contributed by atoms with Crippen molar-refractivity contribution in [2.45, 2.75) is 19.9 Å². The fraction of sp³-hybridized carbons (Fsp3) is 0.136. The summed E-state index contributed by atoms with van der Waals surface area (Å²) in [6.45, 7) is 6.05. The van der Waals surface area contributed by atoms with E-state index in [1.807, 2.05) is 53.4 Å². The van der Waals surface area contributed by atoms with Gasteiger partial charge >= 0.3 is 0 Å². The molecule has 0 radical (unpaired) electrons. The first-order chi connectivity index (χ1) is 11.7. The van der Waals surface area contributed by atoms with E-state index in [1.165, 1.54) is 0 Å². The van der Waals surface area contributed by atoms with Crippen LogP contribution in [-0.2, 0) is 17.8 Å². The van der Waals surface area contributed by atoms with Crippen molar-refractivity contribution in [3.05, 3.63) is 90.5 Å². The second-order valence-corrected chi connectivity index (χ2v) is 5.88. The number of fused-ring (bicyclic) bond motifs is 1. The number of benzene rings is 3. The molecule has 3 aromatic carbocycles. The lowest BCUT2D eigenvalue weighted by atomic mass is 10.00. The van der Waals surface area contributed by atoms with E-state index in [0.717, 1.165) is 34.0 Å². The number of carbonyl (C=O) groups excluding carboxylic acids is 1. The molecule has 0 N–H and O–H groups in total. The highest BCUT2D eigenvalue weighted by atomic mass is 16.2. The predicted octanol–water partition coefficient (Wildman–Crippen LogP) is 5.12. The Hall–Kier alpha value is -2.87. The minimum Gasteiger partial charge on any atom is -0.307 e. The second kappa shape index (κ2) is 7.14. The van der Waals surface area contributed by atoms with Crippen molar-refractivity contribution in [2.24, 2.45) is 0 Å². The Morgan fingerprint density at radius 2 is 1.71 bits per heavy atom. The first kappa shape index (κ1) is 16.0. The molecule has 0 aliphatic carbocycles. The molecule has 0 bridgehead atoms. The topological polar surface area (TPSA) is 20.3 Å². The average molecular weight is 315 g/mol. The summed E-state index contributed by atoms with van der Waals surface area (Å²) < 4.78 is 0. The van der Waals surface area contributed by atoms with E-state index in [1.54, 1.807) is 6.92 Å². The maximum Gasteiger partial charge on any atom is 0.224 e. The van der Waals surface area contributed by atoms with Crippen LogP contribution in [0.3, 0.4) is 0 Å². The highest BCUT2D eigenvalue weighted by Crippen LogP contribution is 2.32. The summed E-state index contributed by atoms with van der Waals surface area (Å²) >= 11 is 0.